The molecule has 0 atom stereocenters. The van der Waals surface area contributed by atoms with Crippen LogP contribution in [-0.4, -0.2) is 11.7 Å². The fourth-order valence-electron chi connectivity index (χ4n) is 2.76. The normalized spacial score (nSPS) is 11.2. The van der Waals surface area contributed by atoms with Crippen LogP contribution in [0.4, 0.5) is 0 Å². The van der Waals surface area contributed by atoms with Gasteiger partial charge in [-0.1, -0.05) is 38.0 Å². The predicted molar refractivity (Wildman–Crippen MR) is 83.1 cm³/mol. The topological polar surface area (TPSA) is 31.2 Å². The van der Waals surface area contributed by atoms with Gasteiger partial charge in [-0.25, -0.2) is 0 Å². The lowest BCUT2D eigenvalue weighted by Crippen LogP contribution is -2.24. The Morgan fingerprint density at radius 2 is 1.90 bits per heavy atom. The second-order valence-corrected chi connectivity index (χ2v) is 5.23. The van der Waals surface area contributed by atoms with E-state index < -0.39 is 0 Å². The molecule has 20 heavy (non-hydrogen) atoms. The monoisotopic (exact) mass is 273 g/mol. The maximum Gasteiger partial charge on any atom is 0.256 e. The van der Waals surface area contributed by atoms with Crippen LogP contribution < -0.4 is 5.56 Å². The molecule has 0 saturated heterocycles. The Morgan fingerprint density at radius 1 is 1.15 bits per heavy atom. The maximum atomic E-state index is 12.5. The first kappa shape index (κ1) is 14.8. The largest absolute Gasteiger partial charge is 0.380 e. The fourth-order valence-corrected chi connectivity index (χ4v) is 2.76. The molecule has 0 saturated carbocycles. The molecule has 108 valence electrons. The number of hydrogen-bond acceptors (Lipinski definition) is 2. The van der Waals surface area contributed by atoms with E-state index in [1.165, 1.54) is 23.8 Å². The van der Waals surface area contributed by atoms with Crippen molar-refractivity contribution in [2.75, 3.05) is 7.11 Å². The van der Waals surface area contributed by atoms with Gasteiger partial charge in [0.2, 0.25) is 0 Å². The highest BCUT2D eigenvalue weighted by Crippen LogP contribution is 2.22. The molecule has 0 radical (unpaired) electrons. The smallest absolute Gasteiger partial charge is 0.256 e. The lowest BCUT2D eigenvalue weighted by Gasteiger charge is -2.15. The SMILES string of the molecule is CCCCCc1c(COC)c(=O)n(C)c2ccccc12. The molecule has 2 aromatic rings. The van der Waals surface area contributed by atoms with Crippen LogP contribution in [0, 0.1) is 0 Å². The molecular formula is C17H23NO2. The van der Waals surface area contributed by atoms with Gasteiger partial charge in [0, 0.05) is 25.1 Å². The van der Waals surface area contributed by atoms with E-state index in [-0.39, 0.29) is 5.56 Å². The molecule has 0 amide bonds. The molecule has 0 spiro atoms. The van der Waals surface area contributed by atoms with Crippen molar-refractivity contribution in [2.45, 2.75) is 39.2 Å². The molecule has 1 heterocycles. The standard InChI is InChI=1S/C17H23NO2/c1-4-5-6-9-13-14-10-7-8-11-16(14)18(2)17(19)15(13)12-20-3/h7-8,10-11H,4-6,9,12H2,1-3H3. The lowest BCUT2D eigenvalue weighted by atomic mass is 9.98. The van der Waals surface area contributed by atoms with E-state index in [1.54, 1.807) is 11.7 Å². The summed E-state index contributed by atoms with van der Waals surface area (Å²) >= 11 is 0. The van der Waals surface area contributed by atoms with Gasteiger partial charge in [0.05, 0.1) is 12.1 Å². The summed E-state index contributed by atoms with van der Waals surface area (Å²) in [5.41, 5.74) is 3.05. The van der Waals surface area contributed by atoms with Crippen LogP contribution >= 0.6 is 0 Å². The highest BCUT2D eigenvalue weighted by Gasteiger charge is 2.14. The van der Waals surface area contributed by atoms with Crippen LogP contribution in [0.1, 0.15) is 37.3 Å². The zero-order chi connectivity index (χ0) is 14.5. The van der Waals surface area contributed by atoms with Crippen molar-refractivity contribution >= 4 is 10.9 Å². The quantitative estimate of drug-likeness (QED) is 0.755. The molecule has 3 heteroatoms. The van der Waals surface area contributed by atoms with Crippen LogP contribution in [0.3, 0.4) is 0 Å². The zero-order valence-electron chi connectivity index (χ0n) is 12.6. The summed E-state index contributed by atoms with van der Waals surface area (Å²) in [6.45, 7) is 2.58. The third kappa shape index (κ3) is 2.78. The summed E-state index contributed by atoms with van der Waals surface area (Å²) in [6, 6.07) is 8.13. The van der Waals surface area contributed by atoms with Crippen LogP contribution in [0.5, 0.6) is 0 Å². The molecule has 1 aromatic heterocycles. The summed E-state index contributed by atoms with van der Waals surface area (Å²) < 4.78 is 6.98. The van der Waals surface area contributed by atoms with Crippen molar-refractivity contribution in [1.82, 2.24) is 4.57 Å². The molecule has 0 aliphatic carbocycles. The summed E-state index contributed by atoms with van der Waals surface area (Å²) in [4.78, 5) is 12.5. The Bertz CT molecular complexity index is 643. The Kier molecular flexibility index (Phi) is 4.96. The molecular weight excluding hydrogens is 250 g/mol. The number of nitrogens with zero attached hydrogens (tertiary/aromatic N) is 1. The van der Waals surface area contributed by atoms with Gasteiger partial charge in [-0.3, -0.25) is 4.79 Å². The van der Waals surface area contributed by atoms with Crippen molar-refractivity contribution in [3.05, 3.63) is 45.7 Å². The number of aromatic nitrogens is 1. The minimum absolute atomic E-state index is 0.0667. The number of para-hydroxylation sites is 1. The van der Waals surface area contributed by atoms with E-state index in [4.69, 9.17) is 4.74 Å². The van der Waals surface area contributed by atoms with Gasteiger partial charge in [-0.05, 0) is 24.5 Å². The third-order valence-electron chi connectivity index (χ3n) is 3.84. The van der Waals surface area contributed by atoms with Gasteiger partial charge < -0.3 is 9.30 Å². The molecule has 2 rings (SSSR count). The Hall–Kier alpha value is -1.61. The first-order valence-corrected chi connectivity index (χ1v) is 7.29. The van der Waals surface area contributed by atoms with Crippen molar-refractivity contribution in [3.8, 4) is 0 Å². The molecule has 0 fully saturated rings. The molecule has 3 nitrogen and oxygen atoms in total. The summed E-state index contributed by atoms with van der Waals surface area (Å²) in [5.74, 6) is 0. The summed E-state index contributed by atoms with van der Waals surface area (Å²) in [5, 5.41) is 1.18. The number of rotatable bonds is 6. The van der Waals surface area contributed by atoms with Crippen LogP contribution in [0.15, 0.2) is 29.1 Å². The number of methoxy groups -OCH3 is 1. The number of hydrogen-bond donors (Lipinski definition) is 0. The Labute approximate surface area is 120 Å². The average Bonchev–Trinajstić information content (AvgIpc) is 2.47. The Morgan fingerprint density at radius 3 is 2.60 bits per heavy atom. The number of aryl methyl sites for hydroxylation is 2. The first-order valence-electron chi connectivity index (χ1n) is 7.29. The average molecular weight is 273 g/mol. The van der Waals surface area contributed by atoms with Gasteiger partial charge in [0.1, 0.15) is 0 Å². The third-order valence-corrected chi connectivity index (χ3v) is 3.84. The highest BCUT2D eigenvalue weighted by atomic mass is 16.5. The van der Waals surface area contributed by atoms with Gasteiger partial charge in [0.15, 0.2) is 0 Å². The molecule has 0 N–H and O–H groups in total. The molecule has 0 bridgehead atoms. The summed E-state index contributed by atoms with van der Waals surface area (Å²) in [6.07, 6.45) is 4.44. The first-order chi connectivity index (χ1) is 9.70. The van der Waals surface area contributed by atoms with Crippen molar-refractivity contribution in [2.24, 2.45) is 7.05 Å². The van der Waals surface area contributed by atoms with Crippen molar-refractivity contribution < 1.29 is 4.74 Å². The second kappa shape index (κ2) is 6.71. The summed E-state index contributed by atoms with van der Waals surface area (Å²) in [7, 11) is 3.48. The molecule has 1 aromatic carbocycles. The number of fused-ring (bicyclic) bond motifs is 1. The van der Waals surface area contributed by atoms with Gasteiger partial charge in [-0.2, -0.15) is 0 Å². The van der Waals surface area contributed by atoms with E-state index in [9.17, 15) is 4.79 Å². The predicted octanol–water partition coefficient (Wildman–Crippen LogP) is 3.42. The van der Waals surface area contributed by atoms with Crippen molar-refractivity contribution in [3.63, 3.8) is 0 Å². The van der Waals surface area contributed by atoms with Crippen LogP contribution in [0.25, 0.3) is 10.9 Å². The molecule has 0 aliphatic heterocycles. The minimum atomic E-state index is 0.0667. The fraction of sp³-hybridized carbons (Fsp3) is 0.471. The second-order valence-electron chi connectivity index (χ2n) is 5.23. The van der Waals surface area contributed by atoms with Crippen LogP contribution in [0.2, 0.25) is 0 Å². The van der Waals surface area contributed by atoms with Crippen LogP contribution in [-0.2, 0) is 24.8 Å². The number of unbranched alkanes of at least 4 members (excludes halogenated alkanes) is 2. The number of benzene rings is 1. The number of ether oxygens (including phenoxy) is 1. The highest BCUT2D eigenvalue weighted by molar-refractivity contribution is 5.83. The van der Waals surface area contributed by atoms with E-state index in [0.29, 0.717) is 6.61 Å². The zero-order valence-corrected chi connectivity index (χ0v) is 12.6. The van der Waals surface area contributed by atoms with E-state index in [1.807, 2.05) is 25.2 Å². The van der Waals surface area contributed by atoms with E-state index in [0.717, 1.165) is 23.9 Å². The molecule has 0 aliphatic rings. The van der Waals surface area contributed by atoms with Crippen molar-refractivity contribution in [1.29, 1.82) is 0 Å². The minimum Gasteiger partial charge on any atom is -0.380 e. The Balaban J connectivity index is 2.62. The van der Waals surface area contributed by atoms with Gasteiger partial charge >= 0.3 is 0 Å². The molecule has 0 unspecified atom stereocenters. The van der Waals surface area contributed by atoms with E-state index >= 15 is 0 Å². The maximum absolute atomic E-state index is 12.5. The lowest BCUT2D eigenvalue weighted by molar-refractivity contribution is 0.182. The van der Waals surface area contributed by atoms with Gasteiger partial charge in [-0.15, -0.1) is 0 Å². The van der Waals surface area contributed by atoms with E-state index in [2.05, 4.69) is 13.0 Å². The number of pyridine rings is 1. The van der Waals surface area contributed by atoms with Gasteiger partial charge in [0.25, 0.3) is 5.56 Å².